The Bertz CT molecular complexity index is 1170. The Balaban J connectivity index is 1.45. The normalized spacial score (nSPS) is 21.2. The number of fused-ring (bicyclic) bond motifs is 2. The van der Waals surface area contributed by atoms with Crippen molar-refractivity contribution in [2.75, 3.05) is 30.3 Å². The van der Waals surface area contributed by atoms with E-state index in [9.17, 15) is 14.0 Å². The lowest BCUT2D eigenvalue weighted by atomic mass is 10.0. The quantitative estimate of drug-likeness (QED) is 0.506. The molecule has 0 aliphatic carbocycles. The number of hydrogen-bond donors (Lipinski definition) is 3. The summed E-state index contributed by atoms with van der Waals surface area (Å²) < 4.78 is 13.9. The first-order valence-corrected chi connectivity index (χ1v) is 10.5. The number of carbonyl (C=O) groups excluding carboxylic acids is 2. The van der Waals surface area contributed by atoms with Crippen LogP contribution in [0.5, 0.6) is 0 Å². The molecule has 3 aliphatic rings. The van der Waals surface area contributed by atoms with Gasteiger partial charge in [0.1, 0.15) is 11.5 Å². The third-order valence-corrected chi connectivity index (χ3v) is 5.89. The highest BCUT2D eigenvalue weighted by Gasteiger charge is 2.34. The van der Waals surface area contributed by atoms with Crippen LogP contribution < -0.4 is 16.4 Å². The minimum Gasteiger partial charge on any atom is -0.385 e. The molecule has 3 aliphatic heterocycles. The smallest absolute Gasteiger partial charge is 0.263 e. The maximum atomic E-state index is 13.9. The van der Waals surface area contributed by atoms with Crippen molar-refractivity contribution in [3.8, 4) is 0 Å². The van der Waals surface area contributed by atoms with Gasteiger partial charge in [0.2, 0.25) is 0 Å². The van der Waals surface area contributed by atoms with E-state index in [1.165, 1.54) is 18.2 Å². The Morgan fingerprint density at radius 1 is 1.12 bits per heavy atom. The van der Waals surface area contributed by atoms with Crippen LogP contribution in [0.3, 0.4) is 0 Å². The lowest BCUT2D eigenvalue weighted by molar-refractivity contribution is -0.137. The molecule has 0 unspecified atom stereocenters. The Morgan fingerprint density at radius 3 is 2.69 bits per heavy atom. The summed E-state index contributed by atoms with van der Waals surface area (Å²) in [6.45, 7) is 0.977. The van der Waals surface area contributed by atoms with Crippen molar-refractivity contribution < 1.29 is 18.8 Å². The van der Waals surface area contributed by atoms with Gasteiger partial charge in [0.25, 0.3) is 11.8 Å². The zero-order valence-corrected chi connectivity index (χ0v) is 17.2. The number of oxime groups is 1. The van der Waals surface area contributed by atoms with Crippen LogP contribution in [0.2, 0.25) is 0 Å². The molecular weight excluding hydrogens is 413 g/mol. The number of benzene rings is 2. The molecule has 0 atom stereocenters. The van der Waals surface area contributed by atoms with Crippen molar-refractivity contribution in [3.63, 3.8) is 0 Å². The third kappa shape index (κ3) is 3.60. The van der Waals surface area contributed by atoms with Crippen molar-refractivity contribution in [3.05, 3.63) is 65.1 Å². The van der Waals surface area contributed by atoms with E-state index in [-0.39, 0.29) is 30.0 Å². The second-order valence-electron chi connectivity index (χ2n) is 8.00. The fourth-order valence-electron chi connectivity index (χ4n) is 4.18. The first-order valence-electron chi connectivity index (χ1n) is 10.5. The number of allylic oxidation sites excluding steroid dienone is 1. The molecule has 0 saturated carbocycles. The second kappa shape index (κ2) is 8.08. The maximum absolute atomic E-state index is 13.9. The summed E-state index contributed by atoms with van der Waals surface area (Å²) in [5.41, 5.74) is 9.40. The molecule has 0 spiro atoms. The third-order valence-electron chi connectivity index (χ3n) is 5.89. The minimum absolute atomic E-state index is 0.126. The topological polar surface area (TPSA) is 109 Å². The maximum Gasteiger partial charge on any atom is 0.263 e. The average Bonchev–Trinajstić information content (AvgIpc) is 3.30. The number of piperidine rings is 1. The largest absolute Gasteiger partial charge is 0.385 e. The number of para-hydroxylation sites is 1. The highest BCUT2D eigenvalue weighted by Crippen LogP contribution is 2.39. The molecule has 32 heavy (non-hydrogen) atoms. The fourth-order valence-corrected chi connectivity index (χ4v) is 4.18. The summed E-state index contributed by atoms with van der Waals surface area (Å²) in [5, 5.41) is 10.2. The lowest BCUT2D eigenvalue weighted by Gasteiger charge is -2.29. The number of amides is 2. The number of halogens is 1. The van der Waals surface area contributed by atoms with Crippen LogP contribution in [0.25, 0.3) is 5.57 Å². The van der Waals surface area contributed by atoms with E-state index < -0.39 is 5.82 Å². The number of anilines is 2. The van der Waals surface area contributed by atoms with E-state index in [2.05, 4.69) is 15.8 Å². The summed E-state index contributed by atoms with van der Waals surface area (Å²) in [7, 11) is 0. The molecule has 9 heteroatoms. The van der Waals surface area contributed by atoms with E-state index in [1.54, 1.807) is 4.90 Å². The molecule has 0 aromatic heterocycles. The molecule has 2 aromatic carbocycles. The summed E-state index contributed by atoms with van der Waals surface area (Å²) in [6, 6.07) is 11.6. The Kier molecular flexibility index (Phi) is 5.10. The molecular formula is C23H22FN5O3. The van der Waals surface area contributed by atoms with Gasteiger partial charge < -0.3 is 26.1 Å². The van der Waals surface area contributed by atoms with E-state index in [4.69, 9.17) is 10.6 Å². The van der Waals surface area contributed by atoms with Gasteiger partial charge in [0, 0.05) is 41.6 Å². The van der Waals surface area contributed by atoms with Gasteiger partial charge in [0.05, 0.1) is 11.3 Å². The first-order chi connectivity index (χ1) is 15.5. The lowest BCUT2D eigenvalue weighted by Crippen LogP contribution is -2.44. The summed E-state index contributed by atoms with van der Waals surface area (Å²) in [4.78, 5) is 32.4. The van der Waals surface area contributed by atoms with E-state index in [1.807, 2.05) is 24.3 Å². The van der Waals surface area contributed by atoms with Crippen LogP contribution in [0.15, 0.2) is 53.3 Å². The molecule has 8 nitrogen and oxygen atoms in total. The van der Waals surface area contributed by atoms with Crippen LogP contribution >= 0.6 is 0 Å². The van der Waals surface area contributed by atoms with Crippen molar-refractivity contribution >= 4 is 34.5 Å². The number of rotatable bonds is 3. The predicted molar refractivity (Wildman–Crippen MR) is 118 cm³/mol. The van der Waals surface area contributed by atoms with Gasteiger partial charge in [-0.25, -0.2) is 4.39 Å². The second-order valence-corrected chi connectivity index (χ2v) is 8.00. The Morgan fingerprint density at radius 2 is 1.88 bits per heavy atom. The summed E-state index contributed by atoms with van der Waals surface area (Å²) >= 11 is 0. The monoisotopic (exact) mass is 435 g/mol. The van der Waals surface area contributed by atoms with E-state index >= 15 is 0 Å². The Hall–Kier alpha value is -3.72. The van der Waals surface area contributed by atoms with Crippen molar-refractivity contribution in [2.45, 2.75) is 18.9 Å². The molecule has 2 amide bonds. The number of carbonyl (C=O) groups is 2. The molecule has 0 radical (unpaired) electrons. The van der Waals surface area contributed by atoms with E-state index in [0.717, 1.165) is 24.1 Å². The van der Waals surface area contributed by atoms with Gasteiger partial charge >= 0.3 is 0 Å². The number of hydrogen-bond acceptors (Lipinski definition) is 6. The zero-order chi connectivity index (χ0) is 22.2. The molecule has 3 heterocycles. The van der Waals surface area contributed by atoms with Gasteiger partial charge in [-0.3, -0.25) is 9.59 Å². The molecule has 1 saturated heterocycles. The number of likely N-dealkylation sites (tertiary alicyclic amines) is 1. The highest BCUT2D eigenvalue weighted by molar-refractivity contribution is 6.39. The predicted octanol–water partition coefficient (Wildman–Crippen LogP) is 2.28. The zero-order valence-electron chi connectivity index (χ0n) is 17.2. The molecule has 5 rings (SSSR count). The number of nitrogens with two attached hydrogens (primary N) is 1. The molecule has 1 fully saturated rings. The van der Waals surface area contributed by atoms with Crippen molar-refractivity contribution in [1.29, 1.82) is 0 Å². The number of nitrogens with one attached hydrogen (secondary N) is 2. The van der Waals surface area contributed by atoms with Gasteiger partial charge in [0.15, 0.2) is 6.61 Å². The van der Waals surface area contributed by atoms with Gasteiger partial charge in [-0.1, -0.05) is 23.4 Å². The molecule has 0 bridgehead atoms. The van der Waals surface area contributed by atoms with Crippen LogP contribution in [0.4, 0.5) is 15.8 Å². The van der Waals surface area contributed by atoms with Crippen LogP contribution in [-0.2, 0) is 14.4 Å². The van der Waals surface area contributed by atoms with Gasteiger partial charge in [-0.05, 0) is 37.1 Å². The minimum atomic E-state index is -0.449. The van der Waals surface area contributed by atoms with Crippen LogP contribution in [-0.4, -0.2) is 48.2 Å². The van der Waals surface area contributed by atoms with Crippen LogP contribution in [0, 0.1) is 5.82 Å². The fraction of sp³-hybridized carbons (Fsp3) is 0.261. The molecule has 2 aromatic rings. The standard InChI is InChI=1S/C23H22FN5O3/c24-13-5-6-18-16(11-13)20(23(31)27-18)22-21(15-3-1-2-4-17(15)26-22)28-32-12-19(30)29-9-7-14(25)8-10-29/h1-6,11,14,26H,7-10,12,25H2,(H,27,31)/b22-20-,28-21+. The van der Waals surface area contributed by atoms with Gasteiger partial charge in [-0.15, -0.1) is 0 Å². The molecule has 164 valence electrons. The summed E-state index contributed by atoms with van der Waals surface area (Å²) in [5.74, 6) is -0.981. The van der Waals surface area contributed by atoms with Gasteiger partial charge in [-0.2, -0.15) is 0 Å². The van der Waals surface area contributed by atoms with Crippen molar-refractivity contribution in [1.82, 2.24) is 4.90 Å². The molecule has 4 N–H and O–H groups in total. The van der Waals surface area contributed by atoms with Crippen LogP contribution in [0.1, 0.15) is 24.0 Å². The van der Waals surface area contributed by atoms with E-state index in [0.29, 0.717) is 35.7 Å². The summed E-state index contributed by atoms with van der Waals surface area (Å²) in [6.07, 6.45) is 1.53. The van der Waals surface area contributed by atoms with Crippen molar-refractivity contribution in [2.24, 2.45) is 10.9 Å². The first kappa shape index (κ1) is 20.2. The Labute approximate surface area is 183 Å². The average molecular weight is 435 g/mol. The SMILES string of the molecule is NC1CCN(C(=O)CO/N=C2/C(=C3/C(=O)Nc4ccc(F)cc43)Nc3ccccc32)CC1. The number of nitrogens with zero attached hydrogens (tertiary/aromatic N) is 2. The highest BCUT2D eigenvalue weighted by atomic mass is 19.1.